The van der Waals surface area contributed by atoms with E-state index < -0.39 is 22.6 Å². The summed E-state index contributed by atoms with van der Waals surface area (Å²) in [6, 6.07) is 10.3. The number of para-hydroxylation sites is 1. The van der Waals surface area contributed by atoms with E-state index in [9.17, 15) is 24.1 Å². The predicted molar refractivity (Wildman–Crippen MR) is 93.3 cm³/mol. The number of nitrogens with zero attached hydrogens (tertiary/aromatic N) is 2. The second-order valence-corrected chi connectivity index (χ2v) is 6.05. The smallest absolute Gasteiger partial charge is 0.274 e. The van der Waals surface area contributed by atoms with Gasteiger partial charge in [0.05, 0.1) is 27.8 Å². The van der Waals surface area contributed by atoms with Crippen molar-refractivity contribution in [2.45, 2.75) is 13.3 Å². The van der Waals surface area contributed by atoms with Crippen LogP contribution in [0.5, 0.6) is 0 Å². The number of anilines is 2. The highest BCUT2D eigenvalue weighted by Gasteiger charge is 2.36. The maximum absolute atomic E-state index is 13.9. The van der Waals surface area contributed by atoms with E-state index in [-0.39, 0.29) is 30.2 Å². The SMILES string of the molecule is Cc1c(NC(=O)[C@@H]2CC(=O)N(c3ccccc3F)C2)cccc1[N+](=O)[O-]. The minimum atomic E-state index is -0.666. The summed E-state index contributed by atoms with van der Waals surface area (Å²) >= 11 is 0. The highest BCUT2D eigenvalue weighted by atomic mass is 19.1. The Morgan fingerprint density at radius 1 is 1.27 bits per heavy atom. The van der Waals surface area contributed by atoms with Gasteiger partial charge in [0.1, 0.15) is 5.82 Å². The lowest BCUT2D eigenvalue weighted by Gasteiger charge is -2.17. The van der Waals surface area contributed by atoms with Gasteiger partial charge in [-0.1, -0.05) is 18.2 Å². The van der Waals surface area contributed by atoms with Crippen molar-refractivity contribution in [2.75, 3.05) is 16.8 Å². The average molecular weight is 357 g/mol. The molecule has 0 aliphatic carbocycles. The average Bonchev–Trinajstić information content (AvgIpc) is 2.98. The molecule has 3 rings (SSSR count). The van der Waals surface area contributed by atoms with Crippen molar-refractivity contribution in [3.63, 3.8) is 0 Å². The van der Waals surface area contributed by atoms with Gasteiger partial charge < -0.3 is 10.2 Å². The summed E-state index contributed by atoms with van der Waals surface area (Å²) in [5.74, 6) is -1.97. The third-order valence-corrected chi connectivity index (χ3v) is 4.40. The molecule has 0 aromatic heterocycles. The van der Waals surface area contributed by atoms with Crippen molar-refractivity contribution >= 4 is 28.9 Å². The first-order valence-electron chi connectivity index (χ1n) is 7.98. The molecule has 134 valence electrons. The Morgan fingerprint density at radius 2 is 2.00 bits per heavy atom. The van der Waals surface area contributed by atoms with Crippen LogP contribution in [0, 0.1) is 28.8 Å². The number of hydrogen-bond acceptors (Lipinski definition) is 4. The molecule has 7 nitrogen and oxygen atoms in total. The molecule has 1 fully saturated rings. The van der Waals surface area contributed by atoms with Crippen LogP contribution < -0.4 is 10.2 Å². The summed E-state index contributed by atoms with van der Waals surface area (Å²) in [6.45, 7) is 1.60. The molecule has 0 unspecified atom stereocenters. The zero-order valence-electron chi connectivity index (χ0n) is 13.9. The van der Waals surface area contributed by atoms with Crippen LogP contribution in [-0.2, 0) is 9.59 Å². The van der Waals surface area contributed by atoms with Gasteiger partial charge in [0.15, 0.2) is 0 Å². The minimum Gasteiger partial charge on any atom is -0.325 e. The van der Waals surface area contributed by atoms with E-state index in [4.69, 9.17) is 0 Å². The number of halogens is 1. The third kappa shape index (κ3) is 3.26. The predicted octanol–water partition coefficient (Wildman–Crippen LogP) is 3.03. The lowest BCUT2D eigenvalue weighted by molar-refractivity contribution is -0.385. The molecule has 0 bridgehead atoms. The summed E-state index contributed by atoms with van der Waals surface area (Å²) in [5.41, 5.74) is 0.694. The van der Waals surface area contributed by atoms with Crippen LogP contribution in [0.25, 0.3) is 0 Å². The van der Waals surface area contributed by atoms with E-state index in [2.05, 4.69) is 5.32 Å². The number of hydrogen-bond donors (Lipinski definition) is 1. The van der Waals surface area contributed by atoms with Crippen LogP contribution in [0.15, 0.2) is 42.5 Å². The number of nitrogens with one attached hydrogen (secondary N) is 1. The van der Waals surface area contributed by atoms with Crippen LogP contribution in [0.3, 0.4) is 0 Å². The lowest BCUT2D eigenvalue weighted by Crippen LogP contribution is -2.28. The quantitative estimate of drug-likeness (QED) is 0.672. The monoisotopic (exact) mass is 357 g/mol. The number of rotatable bonds is 4. The Morgan fingerprint density at radius 3 is 2.69 bits per heavy atom. The zero-order valence-corrected chi connectivity index (χ0v) is 13.9. The summed E-state index contributed by atoms with van der Waals surface area (Å²) in [6.07, 6.45) is -0.0475. The summed E-state index contributed by atoms with van der Waals surface area (Å²) in [7, 11) is 0. The lowest BCUT2D eigenvalue weighted by atomic mass is 10.1. The normalized spacial score (nSPS) is 16.6. The summed E-state index contributed by atoms with van der Waals surface area (Å²) in [4.78, 5) is 36.4. The third-order valence-electron chi connectivity index (χ3n) is 4.40. The molecule has 0 spiro atoms. The minimum absolute atomic E-state index is 0.0475. The molecule has 1 aliphatic heterocycles. The Bertz CT molecular complexity index is 900. The van der Waals surface area contributed by atoms with E-state index in [1.54, 1.807) is 19.1 Å². The Labute approximate surface area is 148 Å². The van der Waals surface area contributed by atoms with E-state index in [0.717, 1.165) is 0 Å². The molecule has 2 aromatic rings. The van der Waals surface area contributed by atoms with Crippen LogP contribution in [0.2, 0.25) is 0 Å². The number of carbonyl (C=O) groups excluding carboxylic acids is 2. The van der Waals surface area contributed by atoms with E-state index >= 15 is 0 Å². The fraction of sp³-hybridized carbons (Fsp3) is 0.222. The van der Waals surface area contributed by atoms with Gasteiger partial charge in [0.25, 0.3) is 5.69 Å². The molecule has 1 atom stereocenters. The van der Waals surface area contributed by atoms with Crippen LogP contribution in [-0.4, -0.2) is 23.3 Å². The molecular weight excluding hydrogens is 341 g/mol. The maximum Gasteiger partial charge on any atom is 0.274 e. The van der Waals surface area contributed by atoms with Gasteiger partial charge in [-0.15, -0.1) is 0 Å². The van der Waals surface area contributed by atoms with Crippen LogP contribution in [0.4, 0.5) is 21.5 Å². The number of amides is 2. The molecule has 1 heterocycles. The molecule has 26 heavy (non-hydrogen) atoms. The largest absolute Gasteiger partial charge is 0.325 e. The van der Waals surface area contributed by atoms with Gasteiger partial charge in [-0.25, -0.2) is 4.39 Å². The second kappa shape index (κ2) is 6.91. The molecule has 0 saturated carbocycles. The fourth-order valence-electron chi connectivity index (χ4n) is 2.98. The first-order chi connectivity index (χ1) is 12.4. The highest BCUT2D eigenvalue weighted by Crippen LogP contribution is 2.29. The van der Waals surface area contributed by atoms with Crippen LogP contribution >= 0.6 is 0 Å². The van der Waals surface area contributed by atoms with Gasteiger partial charge in [0, 0.05) is 19.0 Å². The van der Waals surface area contributed by atoms with Gasteiger partial charge in [-0.2, -0.15) is 0 Å². The van der Waals surface area contributed by atoms with Crippen molar-refractivity contribution in [1.82, 2.24) is 0 Å². The number of nitro benzene ring substituents is 1. The van der Waals surface area contributed by atoms with Gasteiger partial charge in [-0.3, -0.25) is 19.7 Å². The van der Waals surface area contributed by atoms with Crippen molar-refractivity contribution in [2.24, 2.45) is 5.92 Å². The summed E-state index contributed by atoms with van der Waals surface area (Å²) < 4.78 is 13.9. The molecule has 8 heteroatoms. The molecular formula is C18H16FN3O4. The van der Waals surface area contributed by atoms with Crippen LogP contribution in [0.1, 0.15) is 12.0 Å². The Hall–Kier alpha value is -3.29. The molecule has 2 aromatic carbocycles. The van der Waals surface area contributed by atoms with E-state index in [1.807, 2.05) is 0 Å². The Balaban J connectivity index is 1.76. The van der Waals surface area contributed by atoms with Crippen molar-refractivity contribution in [3.05, 3.63) is 64.0 Å². The summed E-state index contributed by atoms with van der Waals surface area (Å²) in [5, 5.41) is 13.6. The van der Waals surface area contributed by atoms with Crippen molar-refractivity contribution < 1.29 is 18.9 Å². The number of carbonyl (C=O) groups is 2. The van der Waals surface area contributed by atoms with Gasteiger partial charge >= 0.3 is 0 Å². The molecule has 1 aliphatic rings. The number of nitro groups is 1. The van der Waals surface area contributed by atoms with Gasteiger partial charge in [-0.05, 0) is 25.1 Å². The molecule has 1 N–H and O–H groups in total. The van der Waals surface area contributed by atoms with E-state index in [0.29, 0.717) is 11.3 Å². The zero-order chi connectivity index (χ0) is 18.8. The first-order valence-corrected chi connectivity index (χ1v) is 7.98. The standard InChI is InChI=1S/C18H16FN3O4/c1-11-14(6-4-8-15(11)22(25)26)20-18(24)12-9-17(23)21(10-12)16-7-3-2-5-13(16)19/h2-8,12H,9-10H2,1H3,(H,20,24)/t12-/m1/s1. The van der Waals surface area contributed by atoms with Gasteiger partial charge in [0.2, 0.25) is 11.8 Å². The first kappa shape index (κ1) is 17.5. The van der Waals surface area contributed by atoms with Crippen molar-refractivity contribution in [1.29, 1.82) is 0 Å². The molecule has 1 saturated heterocycles. The van der Waals surface area contributed by atoms with E-state index in [1.165, 1.54) is 35.2 Å². The van der Waals surface area contributed by atoms with Crippen molar-refractivity contribution in [3.8, 4) is 0 Å². The second-order valence-electron chi connectivity index (χ2n) is 6.05. The topological polar surface area (TPSA) is 92.6 Å². The molecule has 0 radical (unpaired) electrons. The maximum atomic E-state index is 13.9. The molecule has 2 amide bonds. The Kier molecular flexibility index (Phi) is 4.66. The number of benzene rings is 2. The fourth-order valence-corrected chi connectivity index (χ4v) is 2.98. The highest BCUT2D eigenvalue weighted by molar-refractivity contribution is 6.03.